The summed E-state index contributed by atoms with van der Waals surface area (Å²) in [6.07, 6.45) is 5.21. The molecule has 0 bridgehead atoms. The van der Waals surface area contributed by atoms with Gasteiger partial charge in [-0.1, -0.05) is 13.0 Å². The minimum absolute atomic E-state index is 0.241. The van der Waals surface area contributed by atoms with E-state index in [2.05, 4.69) is 47.0 Å². The molecule has 0 saturated heterocycles. The molecule has 8 heteroatoms. The van der Waals surface area contributed by atoms with Crippen molar-refractivity contribution in [2.45, 2.75) is 19.8 Å². The van der Waals surface area contributed by atoms with Gasteiger partial charge in [0.25, 0.3) is 0 Å². The highest BCUT2D eigenvalue weighted by Crippen LogP contribution is 2.35. The Balaban J connectivity index is 1.53. The van der Waals surface area contributed by atoms with E-state index in [0.29, 0.717) is 5.88 Å². The second-order valence-corrected chi connectivity index (χ2v) is 10.2. The first kappa shape index (κ1) is 19.4. The number of aromatic nitrogens is 1. The third kappa shape index (κ3) is 4.23. The number of methoxy groups -OCH3 is 1. The summed E-state index contributed by atoms with van der Waals surface area (Å²) < 4.78 is 13.1. The van der Waals surface area contributed by atoms with Crippen molar-refractivity contribution in [1.29, 1.82) is 0 Å². The number of carbonyl (C=O) groups excluding carboxylic acids is 1. The Labute approximate surface area is 184 Å². The van der Waals surface area contributed by atoms with Gasteiger partial charge in [-0.15, -0.1) is 22.7 Å². The van der Waals surface area contributed by atoms with Gasteiger partial charge in [0.1, 0.15) is 9.84 Å². The van der Waals surface area contributed by atoms with Crippen LogP contribution in [-0.4, -0.2) is 18.1 Å². The maximum absolute atomic E-state index is 11.5. The zero-order chi connectivity index (χ0) is 19.7. The Morgan fingerprint density at radius 1 is 1.36 bits per heavy atom. The zero-order valence-electron chi connectivity index (χ0n) is 15.2. The predicted octanol–water partition coefficient (Wildman–Crippen LogP) is 5.82. The maximum Gasteiger partial charge on any atom is 0.309 e. The summed E-state index contributed by atoms with van der Waals surface area (Å²) in [4.78, 5) is 17.3. The van der Waals surface area contributed by atoms with Crippen LogP contribution in [0.1, 0.15) is 23.9 Å². The highest BCUT2D eigenvalue weighted by Gasteiger charge is 2.18. The fraction of sp³-hybridized carbons (Fsp3) is 0.200. The lowest BCUT2D eigenvalue weighted by Crippen LogP contribution is -2.04. The molecule has 28 heavy (non-hydrogen) atoms. The summed E-state index contributed by atoms with van der Waals surface area (Å²) in [5, 5.41) is 4.28. The monoisotopic (exact) mass is 524 g/mol. The van der Waals surface area contributed by atoms with Crippen LogP contribution in [0.25, 0.3) is 15.6 Å². The second-order valence-electron chi connectivity index (χ2n) is 6.16. The number of halogens is 1. The molecule has 0 fully saturated rings. The zero-order valence-corrected chi connectivity index (χ0v) is 19.0. The molecule has 2 aromatic heterocycles. The summed E-state index contributed by atoms with van der Waals surface area (Å²) in [7, 11) is 1.39. The van der Waals surface area contributed by atoms with Crippen molar-refractivity contribution < 1.29 is 14.3 Å². The predicted molar refractivity (Wildman–Crippen MR) is 123 cm³/mol. The van der Waals surface area contributed by atoms with E-state index in [4.69, 9.17) is 14.5 Å². The number of esters is 1. The van der Waals surface area contributed by atoms with E-state index in [1.54, 1.807) is 22.7 Å². The van der Waals surface area contributed by atoms with Gasteiger partial charge in [-0.3, -0.25) is 4.79 Å². The molecule has 0 aliphatic carbocycles. The smallest absolute Gasteiger partial charge is 0.309 e. The van der Waals surface area contributed by atoms with Crippen LogP contribution in [0.3, 0.4) is 0 Å². The number of ether oxygens (including phenoxy) is 2. The number of benzene rings is 1. The van der Waals surface area contributed by atoms with Gasteiger partial charge in [-0.25, -0.2) is 4.98 Å². The van der Waals surface area contributed by atoms with Crippen LogP contribution in [0.5, 0.6) is 5.75 Å². The Bertz CT molecular complexity index is 1080. The maximum atomic E-state index is 11.5. The van der Waals surface area contributed by atoms with Crippen LogP contribution in [-0.2, 0) is 16.0 Å². The van der Waals surface area contributed by atoms with Gasteiger partial charge in [-0.05, 0) is 64.4 Å². The number of allylic oxidation sites excluding steroid dienone is 2. The molecule has 1 aromatic carbocycles. The number of nitrogens with zero attached hydrogens (tertiary/aromatic N) is 1. The van der Waals surface area contributed by atoms with Crippen LogP contribution in [0.15, 0.2) is 41.8 Å². The van der Waals surface area contributed by atoms with Crippen LogP contribution in [0, 0.1) is 2.88 Å². The molecule has 144 valence electrons. The second kappa shape index (κ2) is 8.22. The SMILES string of the molecule is CC/C(C=C1Nc2cc(CC(=O)OC)ccc2O1)=C\c1nc2sc(I)cc2s1. The highest BCUT2D eigenvalue weighted by molar-refractivity contribution is 14.1. The molecule has 3 aromatic rings. The number of hydrogen-bond donors (Lipinski definition) is 1. The van der Waals surface area contributed by atoms with E-state index in [1.807, 2.05) is 24.3 Å². The molecule has 3 heterocycles. The van der Waals surface area contributed by atoms with E-state index in [-0.39, 0.29) is 12.4 Å². The molecule has 4 rings (SSSR count). The standard InChI is InChI=1S/C20H17IN2O3S2/c1-3-11(8-18-23-20-15(27-18)10-16(21)28-20)7-17-22-13-6-12(9-19(24)25-2)4-5-14(13)26-17/h4-8,10,22H,3,9H2,1-2H3/b11-8+,17-7?. The van der Waals surface area contributed by atoms with E-state index in [0.717, 1.165) is 38.8 Å². The normalized spacial score (nSPS) is 14.8. The minimum atomic E-state index is -0.260. The van der Waals surface area contributed by atoms with Crippen LogP contribution in [0.2, 0.25) is 0 Å². The Hall–Kier alpha value is -1.91. The molecular formula is C20H17IN2O3S2. The quantitative estimate of drug-likeness (QED) is 0.337. The molecule has 1 aliphatic heterocycles. The van der Waals surface area contributed by atoms with Crippen molar-refractivity contribution >= 4 is 72.5 Å². The topological polar surface area (TPSA) is 60.5 Å². The number of thiophene rings is 1. The lowest BCUT2D eigenvalue weighted by atomic mass is 10.1. The van der Waals surface area contributed by atoms with Crippen molar-refractivity contribution in [3.05, 3.63) is 55.3 Å². The molecule has 0 atom stereocenters. The van der Waals surface area contributed by atoms with Crippen LogP contribution < -0.4 is 10.1 Å². The number of thiazole rings is 1. The molecule has 0 spiro atoms. The van der Waals surface area contributed by atoms with Gasteiger partial charge >= 0.3 is 5.97 Å². The van der Waals surface area contributed by atoms with Crippen molar-refractivity contribution in [3.63, 3.8) is 0 Å². The van der Waals surface area contributed by atoms with E-state index < -0.39 is 0 Å². The van der Waals surface area contributed by atoms with Crippen LogP contribution >= 0.6 is 45.3 Å². The Morgan fingerprint density at radius 3 is 2.96 bits per heavy atom. The average Bonchev–Trinajstić information content (AvgIpc) is 3.32. The van der Waals surface area contributed by atoms with E-state index in [9.17, 15) is 4.79 Å². The van der Waals surface area contributed by atoms with Gasteiger partial charge in [0.15, 0.2) is 11.6 Å². The number of anilines is 1. The largest absolute Gasteiger partial charge is 0.469 e. The number of carbonyl (C=O) groups is 1. The number of nitrogens with one attached hydrogen (secondary N) is 1. The highest BCUT2D eigenvalue weighted by atomic mass is 127. The van der Waals surface area contributed by atoms with Gasteiger partial charge in [0.05, 0.1) is 26.8 Å². The van der Waals surface area contributed by atoms with Gasteiger partial charge in [-0.2, -0.15) is 0 Å². The molecule has 0 amide bonds. The van der Waals surface area contributed by atoms with E-state index in [1.165, 1.54) is 14.7 Å². The van der Waals surface area contributed by atoms with Gasteiger partial charge < -0.3 is 14.8 Å². The number of fused-ring (bicyclic) bond motifs is 2. The first-order chi connectivity index (χ1) is 13.5. The summed E-state index contributed by atoms with van der Waals surface area (Å²) in [5.41, 5.74) is 2.86. The third-order valence-electron chi connectivity index (χ3n) is 4.21. The van der Waals surface area contributed by atoms with E-state index >= 15 is 0 Å². The first-order valence-corrected chi connectivity index (χ1v) is 11.4. The fourth-order valence-corrected chi connectivity index (χ4v) is 5.89. The van der Waals surface area contributed by atoms with Crippen molar-refractivity contribution in [2.24, 2.45) is 0 Å². The van der Waals surface area contributed by atoms with Gasteiger partial charge in [0, 0.05) is 6.08 Å². The summed E-state index contributed by atoms with van der Waals surface area (Å²) >= 11 is 5.74. The molecule has 0 radical (unpaired) electrons. The number of hydrogen-bond acceptors (Lipinski definition) is 7. The summed E-state index contributed by atoms with van der Waals surface area (Å²) in [5.74, 6) is 1.16. The third-order valence-corrected chi connectivity index (χ3v) is 7.08. The molecule has 1 N–H and O–H groups in total. The molecule has 5 nitrogen and oxygen atoms in total. The molecule has 0 unspecified atom stereocenters. The first-order valence-electron chi connectivity index (χ1n) is 8.67. The molecular weight excluding hydrogens is 507 g/mol. The summed E-state index contributed by atoms with van der Waals surface area (Å²) in [6.45, 7) is 2.11. The fourth-order valence-electron chi connectivity index (χ4n) is 2.81. The molecule has 1 aliphatic rings. The summed E-state index contributed by atoms with van der Waals surface area (Å²) in [6, 6.07) is 7.83. The Morgan fingerprint density at radius 2 is 2.21 bits per heavy atom. The Kier molecular flexibility index (Phi) is 5.70. The minimum Gasteiger partial charge on any atom is -0.469 e. The van der Waals surface area contributed by atoms with Crippen molar-refractivity contribution in [3.8, 4) is 5.75 Å². The number of rotatable bonds is 5. The lowest BCUT2D eigenvalue weighted by molar-refractivity contribution is -0.139. The van der Waals surface area contributed by atoms with Crippen molar-refractivity contribution in [2.75, 3.05) is 12.4 Å². The molecule has 0 saturated carbocycles. The van der Waals surface area contributed by atoms with Crippen LogP contribution in [0.4, 0.5) is 5.69 Å². The van der Waals surface area contributed by atoms with Crippen molar-refractivity contribution in [1.82, 2.24) is 4.98 Å². The lowest BCUT2D eigenvalue weighted by Gasteiger charge is -2.01. The average molecular weight is 524 g/mol. The van der Waals surface area contributed by atoms with Gasteiger partial charge in [0.2, 0.25) is 0 Å².